The number of hydrogen-bond donors (Lipinski definition) is 1. The number of thioether (sulfide) groups is 1. The van der Waals surface area contributed by atoms with Crippen molar-refractivity contribution in [3.05, 3.63) is 59.3 Å². The van der Waals surface area contributed by atoms with E-state index in [-0.39, 0.29) is 24.4 Å². The normalized spacial score (nSPS) is 16.7. The average Bonchev–Trinajstić information content (AvgIpc) is 2.64. The highest BCUT2D eigenvalue weighted by molar-refractivity contribution is 8.00. The summed E-state index contributed by atoms with van der Waals surface area (Å²) < 4.78 is 42.7. The van der Waals surface area contributed by atoms with Crippen molar-refractivity contribution in [2.75, 3.05) is 24.2 Å². The zero-order chi connectivity index (χ0) is 18.6. The van der Waals surface area contributed by atoms with Crippen LogP contribution in [0.1, 0.15) is 21.9 Å². The Bertz CT molecular complexity index is 766. The number of fused-ring (bicyclic) bond motifs is 1. The van der Waals surface area contributed by atoms with Crippen molar-refractivity contribution >= 4 is 23.5 Å². The van der Waals surface area contributed by atoms with Gasteiger partial charge in [-0.2, -0.15) is 13.2 Å². The van der Waals surface area contributed by atoms with Crippen LogP contribution in [0.15, 0.2) is 42.6 Å². The highest BCUT2D eigenvalue weighted by Gasteiger charge is 2.30. The van der Waals surface area contributed by atoms with E-state index in [0.717, 1.165) is 30.0 Å². The number of esters is 1. The van der Waals surface area contributed by atoms with Gasteiger partial charge in [0.1, 0.15) is 17.7 Å². The lowest BCUT2D eigenvalue weighted by Crippen LogP contribution is -2.21. The van der Waals surface area contributed by atoms with Crippen LogP contribution in [0.5, 0.6) is 0 Å². The number of aryl methyl sites for hydroxylation is 1. The minimum Gasteiger partial charge on any atom is -0.463 e. The van der Waals surface area contributed by atoms with Gasteiger partial charge in [0.25, 0.3) is 0 Å². The van der Waals surface area contributed by atoms with E-state index >= 15 is 0 Å². The highest BCUT2D eigenvalue weighted by Crippen LogP contribution is 2.37. The number of alkyl halides is 3. The molecule has 1 aliphatic rings. The van der Waals surface area contributed by atoms with E-state index in [9.17, 15) is 18.0 Å². The van der Waals surface area contributed by atoms with Crippen LogP contribution in [0.4, 0.5) is 19.0 Å². The lowest BCUT2D eigenvalue weighted by Gasteiger charge is -2.23. The van der Waals surface area contributed by atoms with Crippen LogP contribution in [0.25, 0.3) is 0 Å². The molecule has 26 heavy (non-hydrogen) atoms. The van der Waals surface area contributed by atoms with E-state index in [0.29, 0.717) is 5.82 Å². The van der Waals surface area contributed by atoms with Gasteiger partial charge in [-0.05, 0) is 35.4 Å². The molecule has 3 rings (SSSR count). The van der Waals surface area contributed by atoms with E-state index in [4.69, 9.17) is 4.74 Å². The fourth-order valence-electron chi connectivity index (χ4n) is 2.66. The molecule has 1 aromatic carbocycles. The number of carbonyl (C=O) groups excluding carboxylic acids is 1. The molecule has 4 nitrogen and oxygen atoms in total. The Morgan fingerprint density at radius 2 is 2.08 bits per heavy atom. The van der Waals surface area contributed by atoms with Crippen LogP contribution in [0, 0.1) is 0 Å². The predicted molar refractivity (Wildman–Crippen MR) is 94.0 cm³/mol. The molecule has 0 unspecified atom stereocenters. The number of hydrogen-bond acceptors (Lipinski definition) is 5. The van der Waals surface area contributed by atoms with Crippen LogP contribution >= 0.6 is 11.8 Å². The van der Waals surface area contributed by atoms with Crippen LogP contribution < -0.4 is 5.32 Å². The molecule has 0 radical (unpaired) electrons. The molecule has 0 saturated heterocycles. The van der Waals surface area contributed by atoms with Gasteiger partial charge in [-0.15, -0.1) is 11.8 Å². The Hall–Kier alpha value is -2.22. The summed E-state index contributed by atoms with van der Waals surface area (Å²) in [6.45, 7) is 0.379. The molecular formula is C18H17F3N2O2S. The summed E-state index contributed by atoms with van der Waals surface area (Å²) in [5, 5.41) is 2.51. The van der Waals surface area contributed by atoms with Crippen molar-refractivity contribution in [3.63, 3.8) is 0 Å². The Balaban J connectivity index is 1.48. The second kappa shape index (κ2) is 7.99. The first-order valence-corrected chi connectivity index (χ1v) is 9.13. The minimum absolute atomic E-state index is 0.112. The Morgan fingerprint density at radius 1 is 1.27 bits per heavy atom. The molecule has 0 bridgehead atoms. The SMILES string of the molecule is O=C(OCCNc1ccc(C(F)(F)F)cn1)[C@H]1SCCc2ccccc21. The maximum Gasteiger partial charge on any atom is 0.417 e. The van der Waals surface area contributed by atoms with Gasteiger partial charge in [-0.25, -0.2) is 4.98 Å². The molecular weight excluding hydrogens is 365 g/mol. The summed E-state index contributed by atoms with van der Waals surface area (Å²) in [7, 11) is 0. The van der Waals surface area contributed by atoms with E-state index in [1.54, 1.807) is 11.8 Å². The topological polar surface area (TPSA) is 51.2 Å². The van der Waals surface area contributed by atoms with Crippen molar-refractivity contribution in [2.45, 2.75) is 17.8 Å². The van der Waals surface area contributed by atoms with Gasteiger partial charge in [0.05, 0.1) is 12.1 Å². The minimum atomic E-state index is -4.41. The second-order valence-electron chi connectivity index (χ2n) is 5.72. The molecule has 0 spiro atoms. The van der Waals surface area contributed by atoms with Crippen LogP contribution in [-0.4, -0.2) is 29.9 Å². The molecule has 8 heteroatoms. The molecule has 0 saturated carbocycles. The number of ether oxygens (including phenoxy) is 1. The highest BCUT2D eigenvalue weighted by atomic mass is 32.2. The first-order chi connectivity index (χ1) is 12.4. The van der Waals surface area contributed by atoms with Gasteiger partial charge >= 0.3 is 12.1 Å². The number of carbonyl (C=O) groups is 1. The molecule has 2 heterocycles. The summed E-state index contributed by atoms with van der Waals surface area (Å²) in [5.41, 5.74) is 1.36. The third kappa shape index (κ3) is 4.49. The molecule has 138 valence electrons. The molecule has 2 aromatic rings. The fraction of sp³-hybridized carbons (Fsp3) is 0.333. The van der Waals surface area contributed by atoms with Gasteiger partial charge in [0.15, 0.2) is 0 Å². The Labute approximate surface area is 153 Å². The maximum atomic E-state index is 12.5. The maximum absolute atomic E-state index is 12.5. The van der Waals surface area contributed by atoms with E-state index in [2.05, 4.69) is 10.3 Å². The zero-order valence-corrected chi connectivity index (χ0v) is 14.6. The largest absolute Gasteiger partial charge is 0.463 e. The predicted octanol–water partition coefficient (Wildman–Crippen LogP) is 4.09. The smallest absolute Gasteiger partial charge is 0.417 e. The standard InChI is InChI=1S/C18H17F3N2O2S/c19-18(20,21)13-5-6-15(23-11-13)22-8-9-25-17(24)16-14-4-2-1-3-12(14)7-10-26-16/h1-6,11,16H,7-10H2,(H,22,23)/t16-/m0/s1. The number of nitrogens with one attached hydrogen (secondary N) is 1. The first kappa shape index (κ1) is 18.6. The van der Waals surface area contributed by atoms with Gasteiger partial charge in [0.2, 0.25) is 0 Å². The van der Waals surface area contributed by atoms with Crippen molar-refractivity contribution in [2.24, 2.45) is 0 Å². The van der Waals surface area contributed by atoms with Crippen molar-refractivity contribution in [3.8, 4) is 0 Å². The van der Waals surface area contributed by atoms with E-state index in [1.807, 2.05) is 24.3 Å². The van der Waals surface area contributed by atoms with Crippen LogP contribution in [-0.2, 0) is 22.1 Å². The van der Waals surface area contributed by atoms with Gasteiger partial charge in [0, 0.05) is 6.20 Å². The Kier molecular flexibility index (Phi) is 5.70. The Morgan fingerprint density at radius 3 is 2.81 bits per heavy atom. The van der Waals surface area contributed by atoms with Gasteiger partial charge < -0.3 is 10.1 Å². The summed E-state index contributed by atoms with van der Waals surface area (Å²) in [5.74, 6) is 0.862. The fourth-order valence-corrected chi connectivity index (χ4v) is 3.85. The molecule has 1 aliphatic heterocycles. The summed E-state index contributed by atoms with van der Waals surface area (Å²) in [6.07, 6.45) is -2.70. The lowest BCUT2D eigenvalue weighted by molar-refractivity contribution is -0.142. The molecule has 1 aromatic heterocycles. The number of halogens is 3. The van der Waals surface area contributed by atoms with E-state index < -0.39 is 11.7 Å². The summed E-state index contributed by atoms with van der Waals surface area (Å²) in [4.78, 5) is 16.0. The number of nitrogens with zero attached hydrogens (tertiary/aromatic N) is 1. The van der Waals surface area contributed by atoms with Crippen LogP contribution in [0.3, 0.4) is 0 Å². The quantitative estimate of drug-likeness (QED) is 0.624. The number of aromatic nitrogens is 1. The monoisotopic (exact) mass is 382 g/mol. The number of benzene rings is 1. The molecule has 0 fully saturated rings. The van der Waals surface area contributed by atoms with Crippen molar-refractivity contribution < 1.29 is 22.7 Å². The number of anilines is 1. The lowest BCUT2D eigenvalue weighted by atomic mass is 10.0. The zero-order valence-electron chi connectivity index (χ0n) is 13.8. The van der Waals surface area contributed by atoms with E-state index in [1.165, 1.54) is 11.6 Å². The molecule has 1 atom stereocenters. The first-order valence-electron chi connectivity index (χ1n) is 8.08. The number of rotatable bonds is 5. The third-order valence-electron chi connectivity index (χ3n) is 3.95. The average molecular weight is 382 g/mol. The summed E-state index contributed by atoms with van der Waals surface area (Å²) >= 11 is 1.56. The summed E-state index contributed by atoms with van der Waals surface area (Å²) in [6, 6.07) is 10.0. The molecule has 1 N–H and O–H groups in total. The number of pyridine rings is 1. The van der Waals surface area contributed by atoms with Gasteiger partial charge in [-0.3, -0.25) is 4.79 Å². The van der Waals surface area contributed by atoms with Crippen LogP contribution in [0.2, 0.25) is 0 Å². The van der Waals surface area contributed by atoms with Crippen molar-refractivity contribution in [1.82, 2.24) is 4.98 Å². The van der Waals surface area contributed by atoms with Gasteiger partial charge in [-0.1, -0.05) is 24.3 Å². The molecule has 0 amide bonds. The third-order valence-corrected chi connectivity index (χ3v) is 5.17. The second-order valence-corrected chi connectivity index (χ2v) is 6.94. The molecule has 0 aliphatic carbocycles. The van der Waals surface area contributed by atoms with Crippen molar-refractivity contribution in [1.29, 1.82) is 0 Å².